The quantitative estimate of drug-likeness (QED) is 0.596. The van der Waals surface area contributed by atoms with Gasteiger partial charge in [-0.15, -0.1) is 0 Å². The molecule has 0 aliphatic carbocycles. The number of amides is 1. The van der Waals surface area contributed by atoms with Gasteiger partial charge in [0.1, 0.15) is 0 Å². The monoisotopic (exact) mass is 363 g/mol. The molecule has 0 spiro atoms. The van der Waals surface area contributed by atoms with Gasteiger partial charge in [0.25, 0.3) is 5.91 Å². The van der Waals surface area contributed by atoms with Crippen LogP contribution in [0, 0.1) is 20.8 Å². The first-order chi connectivity index (χ1) is 12.5. The van der Waals surface area contributed by atoms with Gasteiger partial charge in [-0.05, 0) is 50.1 Å². The molecule has 0 fully saturated rings. The normalized spacial score (nSPS) is 11.0. The number of fused-ring (bicyclic) bond motifs is 1. The summed E-state index contributed by atoms with van der Waals surface area (Å²) in [5.41, 5.74) is 4.45. The summed E-state index contributed by atoms with van der Waals surface area (Å²) in [6.45, 7) is 5.93. The van der Waals surface area contributed by atoms with Gasteiger partial charge in [0.05, 0.1) is 27.7 Å². The summed E-state index contributed by atoms with van der Waals surface area (Å²) in [5, 5.41) is 7.77. The zero-order valence-electron chi connectivity index (χ0n) is 14.6. The molecule has 0 aliphatic heterocycles. The van der Waals surface area contributed by atoms with Gasteiger partial charge in [0, 0.05) is 6.20 Å². The molecule has 0 unspecified atom stereocenters. The third-order valence-corrected chi connectivity index (χ3v) is 5.09. The molecule has 0 radical (unpaired) electrons. The minimum atomic E-state index is -0.224. The van der Waals surface area contributed by atoms with E-state index < -0.39 is 0 Å². The Morgan fingerprint density at radius 1 is 1.19 bits per heavy atom. The van der Waals surface area contributed by atoms with E-state index in [1.54, 1.807) is 17.1 Å². The van der Waals surface area contributed by atoms with Gasteiger partial charge in [0.15, 0.2) is 10.9 Å². The van der Waals surface area contributed by atoms with E-state index >= 15 is 0 Å². The first-order valence-corrected chi connectivity index (χ1v) is 9.00. The van der Waals surface area contributed by atoms with Gasteiger partial charge in [-0.3, -0.25) is 10.1 Å². The first-order valence-electron chi connectivity index (χ1n) is 8.18. The maximum Gasteiger partial charge on any atom is 0.260 e. The van der Waals surface area contributed by atoms with Crippen molar-refractivity contribution in [2.24, 2.45) is 0 Å². The standard InChI is InChI=1S/C19H17N5OS/c1-11-8-12(2)17-15(9-11)26-19(22-17)23-18(25)14-10-21-24(13(14)3)16-6-4-5-7-20-16/h4-10H,1-3H3,(H,22,23,25). The average Bonchev–Trinajstić information content (AvgIpc) is 3.19. The molecule has 0 aliphatic rings. The summed E-state index contributed by atoms with van der Waals surface area (Å²) < 4.78 is 2.72. The number of aromatic nitrogens is 4. The zero-order valence-corrected chi connectivity index (χ0v) is 15.5. The van der Waals surface area contributed by atoms with Crippen LogP contribution in [0.4, 0.5) is 5.13 Å². The van der Waals surface area contributed by atoms with Crippen molar-refractivity contribution in [2.75, 3.05) is 5.32 Å². The van der Waals surface area contributed by atoms with Crippen LogP contribution in [-0.2, 0) is 0 Å². The fourth-order valence-corrected chi connectivity index (χ4v) is 3.97. The Balaban J connectivity index is 1.63. The lowest BCUT2D eigenvalue weighted by atomic mass is 10.1. The van der Waals surface area contributed by atoms with Crippen LogP contribution >= 0.6 is 11.3 Å². The molecule has 26 heavy (non-hydrogen) atoms. The lowest BCUT2D eigenvalue weighted by Gasteiger charge is -2.04. The molecule has 0 bridgehead atoms. The summed E-state index contributed by atoms with van der Waals surface area (Å²) in [4.78, 5) is 21.5. The van der Waals surface area contributed by atoms with Crippen LogP contribution in [-0.4, -0.2) is 25.7 Å². The number of pyridine rings is 1. The van der Waals surface area contributed by atoms with Gasteiger partial charge in [0.2, 0.25) is 0 Å². The predicted molar refractivity (Wildman–Crippen MR) is 103 cm³/mol. The fourth-order valence-electron chi connectivity index (χ4n) is 2.93. The average molecular weight is 363 g/mol. The van der Waals surface area contributed by atoms with E-state index in [0.717, 1.165) is 21.5 Å². The molecule has 0 saturated carbocycles. The number of thiazole rings is 1. The molecule has 1 amide bonds. The van der Waals surface area contributed by atoms with E-state index in [0.29, 0.717) is 16.5 Å². The van der Waals surface area contributed by atoms with Crippen LogP contribution in [0.15, 0.2) is 42.7 Å². The number of benzene rings is 1. The lowest BCUT2D eigenvalue weighted by molar-refractivity contribution is 0.102. The summed E-state index contributed by atoms with van der Waals surface area (Å²) in [6, 6.07) is 9.75. The third-order valence-electron chi connectivity index (χ3n) is 4.17. The molecule has 3 heterocycles. The van der Waals surface area contributed by atoms with Crippen molar-refractivity contribution < 1.29 is 4.79 Å². The number of hydrogen-bond acceptors (Lipinski definition) is 5. The SMILES string of the molecule is Cc1cc(C)c2nc(NC(=O)c3cnn(-c4ccccn4)c3C)sc2c1. The molecular weight excluding hydrogens is 346 g/mol. The van der Waals surface area contributed by atoms with Gasteiger partial charge < -0.3 is 0 Å². The molecule has 3 aromatic heterocycles. The maximum atomic E-state index is 12.7. The van der Waals surface area contributed by atoms with Crippen molar-refractivity contribution in [3.8, 4) is 5.82 Å². The minimum Gasteiger partial charge on any atom is -0.298 e. The van der Waals surface area contributed by atoms with Crippen molar-refractivity contribution in [1.29, 1.82) is 0 Å². The largest absolute Gasteiger partial charge is 0.298 e. The molecule has 6 nitrogen and oxygen atoms in total. The smallest absolute Gasteiger partial charge is 0.260 e. The number of rotatable bonds is 3. The summed E-state index contributed by atoms with van der Waals surface area (Å²) in [6.07, 6.45) is 3.25. The summed E-state index contributed by atoms with van der Waals surface area (Å²) >= 11 is 1.48. The number of carbonyl (C=O) groups excluding carboxylic acids is 1. The predicted octanol–water partition coefficient (Wildman–Crippen LogP) is 4.05. The van der Waals surface area contributed by atoms with E-state index in [9.17, 15) is 4.79 Å². The maximum absolute atomic E-state index is 12.7. The van der Waals surface area contributed by atoms with E-state index in [2.05, 4.69) is 39.4 Å². The number of nitrogens with one attached hydrogen (secondary N) is 1. The Morgan fingerprint density at radius 3 is 2.81 bits per heavy atom. The second kappa shape index (κ2) is 6.34. The highest BCUT2D eigenvalue weighted by atomic mass is 32.1. The molecule has 7 heteroatoms. The molecule has 1 N–H and O–H groups in total. The Bertz CT molecular complexity index is 1110. The minimum absolute atomic E-state index is 0.224. The van der Waals surface area contributed by atoms with Gasteiger partial charge in [-0.1, -0.05) is 23.5 Å². The van der Waals surface area contributed by atoms with Gasteiger partial charge in [-0.25, -0.2) is 14.6 Å². The Labute approximate surface area is 154 Å². The van der Waals surface area contributed by atoms with Gasteiger partial charge >= 0.3 is 0 Å². The highest BCUT2D eigenvalue weighted by Crippen LogP contribution is 2.29. The van der Waals surface area contributed by atoms with Crippen molar-refractivity contribution in [2.45, 2.75) is 20.8 Å². The Hall–Kier alpha value is -3.06. The van der Waals surface area contributed by atoms with Crippen molar-refractivity contribution in [3.63, 3.8) is 0 Å². The van der Waals surface area contributed by atoms with Crippen LogP contribution in [0.3, 0.4) is 0 Å². The molecule has 130 valence electrons. The second-order valence-electron chi connectivity index (χ2n) is 6.15. The number of carbonyl (C=O) groups is 1. The van der Waals surface area contributed by atoms with Crippen molar-refractivity contribution in [1.82, 2.24) is 19.7 Å². The highest BCUT2D eigenvalue weighted by Gasteiger charge is 2.17. The van der Waals surface area contributed by atoms with Crippen LogP contribution < -0.4 is 5.32 Å². The molecular formula is C19H17N5OS. The van der Waals surface area contributed by atoms with Crippen LogP contribution in [0.2, 0.25) is 0 Å². The first kappa shape index (κ1) is 16.4. The molecule has 4 aromatic rings. The third kappa shape index (κ3) is 2.86. The fraction of sp³-hybridized carbons (Fsp3) is 0.158. The Morgan fingerprint density at radius 2 is 2.04 bits per heavy atom. The second-order valence-corrected chi connectivity index (χ2v) is 7.18. The van der Waals surface area contributed by atoms with E-state index in [-0.39, 0.29) is 5.91 Å². The van der Waals surface area contributed by atoms with Gasteiger partial charge in [-0.2, -0.15) is 5.10 Å². The van der Waals surface area contributed by atoms with E-state index in [1.807, 2.05) is 32.0 Å². The van der Waals surface area contributed by atoms with Crippen LogP contribution in [0.5, 0.6) is 0 Å². The topological polar surface area (TPSA) is 72.7 Å². The summed E-state index contributed by atoms with van der Waals surface area (Å²) in [7, 11) is 0. The number of anilines is 1. The van der Waals surface area contributed by atoms with Crippen LogP contribution in [0.1, 0.15) is 27.2 Å². The number of nitrogens with zero attached hydrogens (tertiary/aromatic N) is 4. The van der Waals surface area contributed by atoms with E-state index in [1.165, 1.54) is 16.9 Å². The van der Waals surface area contributed by atoms with E-state index in [4.69, 9.17) is 0 Å². The van der Waals surface area contributed by atoms with Crippen LogP contribution in [0.25, 0.3) is 16.0 Å². The number of hydrogen-bond donors (Lipinski definition) is 1. The zero-order chi connectivity index (χ0) is 18.3. The Kier molecular flexibility index (Phi) is 4.00. The summed E-state index contributed by atoms with van der Waals surface area (Å²) in [5.74, 6) is 0.452. The van der Waals surface area contributed by atoms with Crippen molar-refractivity contribution in [3.05, 3.63) is 65.1 Å². The molecule has 4 rings (SSSR count). The lowest BCUT2D eigenvalue weighted by Crippen LogP contribution is -2.13. The molecule has 0 atom stereocenters. The van der Waals surface area contributed by atoms with Crippen molar-refractivity contribution >= 4 is 32.6 Å². The molecule has 0 saturated heterocycles. The molecule has 1 aromatic carbocycles. The number of aryl methyl sites for hydroxylation is 2. The highest BCUT2D eigenvalue weighted by molar-refractivity contribution is 7.22.